The van der Waals surface area contributed by atoms with E-state index in [4.69, 9.17) is 5.73 Å². The lowest BCUT2D eigenvalue weighted by molar-refractivity contribution is -0.122. The van der Waals surface area contributed by atoms with Crippen LogP contribution in [0.2, 0.25) is 0 Å². The van der Waals surface area contributed by atoms with Gasteiger partial charge < -0.3 is 11.1 Å². The maximum Gasteiger partial charge on any atom is 0.221 e. The summed E-state index contributed by atoms with van der Waals surface area (Å²) in [5.41, 5.74) is 6.05. The first kappa shape index (κ1) is 16.7. The number of rotatable bonds is 3. The molecule has 3 N–H and O–H groups in total. The Kier molecular flexibility index (Phi) is 6.49. The van der Waals surface area contributed by atoms with Gasteiger partial charge in [-0.25, -0.2) is 0 Å². The fraction of sp³-hybridized carbons (Fsp3) is 0.923. The van der Waals surface area contributed by atoms with Crippen molar-refractivity contribution in [2.75, 3.05) is 0 Å². The Morgan fingerprint density at radius 3 is 2.59 bits per heavy atom. The van der Waals surface area contributed by atoms with Gasteiger partial charge in [0.25, 0.3) is 0 Å². The number of hydrogen-bond donors (Lipinski definition) is 2. The molecule has 3 unspecified atom stereocenters. The van der Waals surface area contributed by atoms with Crippen LogP contribution in [0.25, 0.3) is 0 Å². The summed E-state index contributed by atoms with van der Waals surface area (Å²) in [6, 6.07) is 0.301. The van der Waals surface area contributed by atoms with Gasteiger partial charge in [-0.15, -0.1) is 12.4 Å². The summed E-state index contributed by atoms with van der Waals surface area (Å²) in [6.07, 6.45) is 3.92. The van der Waals surface area contributed by atoms with Crippen LogP contribution in [0.15, 0.2) is 0 Å². The maximum absolute atomic E-state index is 11.6. The molecule has 1 rings (SSSR count). The van der Waals surface area contributed by atoms with E-state index >= 15 is 0 Å². The van der Waals surface area contributed by atoms with Gasteiger partial charge in [0.05, 0.1) is 0 Å². The van der Waals surface area contributed by atoms with Crippen molar-refractivity contribution in [3.8, 4) is 0 Å². The van der Waals surface area contributed by atoms with E-state index in [9.17, 15) is 4.79 Å². The summed E-state index contributed by atoms with van der Waals surface area (Å²) in [5, 5.41) is 3.12. The highest BCUT2D eigenvalue weighted by atomic mass is 35.5. The topological polar surface area (TPSA) is 55.1 Å². The molecule has 1 aliphatic carbocycles. The SMILES string of the molecule is CC(N)CC(=O)NC1CCC(C)(C)CC1C.Cl. The Balaban J connectivity index is 0.00000256. The number of nitrogens with one attached hydrogen (secondary N) is 1. The van der Waals surface area contributed by atoms with E-state index in [1.54, 1.807) is 0 Å². The molecule has 3 nitrogen and oxygen atoms in total. The van der Waals surface area contributed by atoms with Crippen LogP contribution in [0, 0.1) is 11.3 Å². The number of carbonyl (C=O) groups is 1. The minimum absolute atomic E-state index is 0. The number of hydrogen-bond acceptors (Lipinski definition) is 2. The van der Waals surface area contributed by atoms with Crippen LogP contribution in [0.5, 0.6) is 0 Å². The van der Waals surface area contributed by atoms with Crippen LogP contribution in [-0.2, 0) is 4.79 Å². The van der Waals surface area contributed by atoms with E-state index in [0.717, 1.165) is 6.42 Å². The summed E-state index contributed by atoms with van der Waals surface area (Å²) in [7, 11) is 0. The zero-order valence-corrected chi connectivity index (χ0v) is 12.3. The second-order valence-electron chi connectivity index (χ2n) is 6.24. The molecule has 4 heteroatoms. The van der Waals surface area contributed by atoms with Gasteiger partial charge in [0.15, 0.2) is 0 Å². The van der Waals surface area contributed by atoms with Crippen molar-refractivity contribution < 1.29 is 4.79 Å². The number of halogens is 1. The molecule has 17 heavy (non-hydrogen) atoms. The molecule has 0 heterocycles. The average Bonchev–Trinajstić information content (AvgIpc) is 2.07. The smallest absolute Gasteiger partial charge is 0.221 e. The molecule has 1 amide bonds. The summed E-state index contributed by atoms with van der Waals surface area (Å²) in [6.45, 7) is 8.72. The summed E-state index contributed by atoms with van der Waals surface area (Å²) in [4.78, 5) is 11.6. The zero-order chi connectivity index (χ0) is 12.3. The highest BCUT2D eigenvalue weighted by molar-refractivity contribution is 5.85. The quantitative estimate of drug-likeness (QED) is 0.821. The van der Waals surface area contributed by atoms with Gasteiger partial charge in [-0.3, -0.25) is 4.79 Å². The highest BCUT2D eigenvalue weighted by Gasteiger charge is 2.32. The predicted octanol–water partition coefficient (Wildman–Crippen LogP) is 2.48. The van der Waals surface area contributed by atoms with Gasteiger partial charge in [0.1, 0.15) is 0 Å². The Hall–Kier alpha value is -0.280. The third kappa shape index (κ3) is 5.73. The van der Waals surface area contributed by atoms with E-state index in [0.29, 0.717) is 23.8 Å². The second kappa shape index (κ2) is 6.60. The first-order valence-corrected chi connectivity index (χ1v) is 6.35. The lowest BCUT2D eigenvalue weighted by Gasteiger charge is -2.39. The first-order valence-electron chi connectivity index (χ1n) is 6.35. The van der Waals surface area contributed by atoms with Gasteiger partial charge >= 0.3 is 0 Å². The Morgan fingerprint density at radius 1 is 1.53 bits per heavy atom. The lowest BCUT2D eigenvalue weighted by Crippen LogP contribution is -2.45. The molecule has 1 fully saturated rings. The molecular formula is C13H27ClN2O. The maximum atomic E-state index is 11.6. The molecule has 102 valence electrons. The van der Waals surface area contributed by atoms with Crippen LogP contribution in [0.1, 0.15) is 53.4 Å². The molecular weight excluding hydrogens is 236 g/mol. The van der Waals surface area contributed by atoms with Crippen molar-refractivity contribution in [3.05, 3.63) is 0 Å². The minimum atomic E-state index is -0.0460. The van der Waals surface area contributed by atoms with Crippen molar-refractivity contribution in [2.24, 2.45) is 17.1 Å². The van der Waals surface area contributed by atoms with Crippen molar-refractivity contribution in [2.45, 2.75) is 65.5 Å². The molecule has 1 aliphatic rings. The van der Waals surface area contributed by atoms with Crippen LogP contribution in [-0.4, -0.2) is 18.0 Å². The summed E-state index contributed by atoms with van der Waals surface area (Å²) >= 11 is 0. The molecule has 0 spiro atoms. The van der Waals surface area contributed by atoms with E-state index in [1.165, 1.54) is 12.8 Å². The second-order valence-corrected chi connectivity index (χ2v) is 6.24. The van der Waals surface area contributed by atoms with Crippen molar-refractivity contribution >= 4 is 18.3 Å². The Bertz CT molecular complexity index is 254. The van der Waals surface area contributed by atoms with Gasteiger partial charge in [-0.2, -0.15) is 0 Å². The fourth-order valence-electron chi connectivity index (χ4n) is 2.72. The van der Waals surface area contributed by atoms with E-state index in [2.05, 4.69) is 26.1 Å². The number of nitrogens with two attached hydrogens (primary N) is 1. The fourth-order valence-corrected chi connectivity index (χ4v) is 2.72. The van der Waals surface area contributed by atoms with Gasteiger partial charge in [-0.05, 0) is 37.5 Å². The largest absolute Gasteiger partial charge is 0.353 e. The molecule has 0 radical (unpaired) electrons. The van der Waals surface area contributed by atoms with E-state index in [1.807, 2.05) is 6.92 Å². The normalized spacial score (nSPS) is 29.0. The Labute approximate surface area is 111 Å². The highest BCUT2D eigenvalue weighted by Crippen LogP contribution is 2.38. The van der Waals surface area contributed by atoms with Gasteiger partial charge in [-0.1, -0.05) is 20.8 Å². The minimum Gasteiger partial charge on any atom is -0.353 e. The third-order valence-corrected chi connectivity index (χ3v) is 3.55. The van der Waals surface area contributed by atoms with E-state index < -0.39 is 0 Å². The van der Waals surface area contributed by atoms with Crippen LogP contribution >= 0.6 is 12.4 Å². The van der Waals surface area contributed by atoms with Gasteiger partial charge in [0, 0.05) is 18.5 Å². The van der Waals surface area contributed by atoms with Crippen LogP contribution < -0.4 is 11.1 Å². The molecule has 0 aromatic carbocycles. The van der Waals surface area contributed by atoms with Crippen LogP contribution in [0.4, 0.5) is 0 Å². The standard InChI is InChI=1S/C13H26N2O.ClH/c1-9-8-13(3,4)6-5-11(9)15-12(16)7-10(2)14;/h9-11H,5-8,14H2,1-4H3,(H,15,16);1H. The zero-order valence-electron chi connectivity index (χ0n) is 11.5. The predicted molar refractivity (Wildman–Crippen MR) is 74.2 cm³/mol. The molecule has 0 aromatic heterocycles. The van der Waals surface area contributed by atoms with Gasteiger partial charge in [0.2, 0.25) is 5.91 Å². The van der Waals surface area contributed by atoms with Crippen molar-refractivity contribution in [1.82, 2.24) is 5.32 Å². The molecule has 0 aliphatic heterocycles. The summed E-state index contributed by atoms with van der Waals surface area (Å²) < 4.78 is 0. The first-order chi connectivity index (χ1) is 7.30. The summed E-state index contributed by atoms with van der Waals surface area (Å²) in [5.74, 6) is 0.673. The molecule has 3 atom stereocenters. The van der Waals surface area contributed by atoms with Crippen molar-refractivity contribution in [1.29, 1.82) is 0 Å². The van der Waals surface area contributed by atoms with Crippen LogP contribution in [0.3, 0.4) is 0 Å². The lowest BCUT2D eigenvalue weighted by atomic mass is 9.70. The molecule has 0 aromatic rings. The van der Waals surface area contributed by atoms with E-state index in [-0.39, 0.29) is 24.4 Å². The molecule has 1 saturated carbocycles. The number of carbonyl (C=O) groups excluding carboxylic acids is 1. The Morgan fingerprint density at radius 2 is 2.12 bits per heavy atom. The average molecular weight is 263 g/mol. The molecule has 0 bridgehead atoms. The van der Waals surface area contributed by atoms with Crippen molar-refractivity contribution in [3.63, 3.8) is 0 Å². The monoisotopic (exact) mass is 262 g/mol. The third-order valence-electron chi connectivity index (χ3n) is 3.55. The number of amides is 1. The molecule has 0 saturated heterocycles.